The molecule has 0 radical (unpaired) electrons. The van der Waals surface area contributed by atoms with E-state index in [0.29, 0.717) is 22.3 Å². The van der Waals surface area contributed by atoms with Gasteiger partial charge in [0.25, 0.3) is 0 Å². The number of pyridine rings is 1. The standard InChI is InChI=1S/C12H11ClN2O/c1-8-3-2-6-15-12(8)16-9-4-5-11(14)10(13)7-9/h2-7H,14H2,1H3. The third kappa shape index (κ3) is 2.25. The second-order valence-electron chi connectivity index (χ2n) is 3.41. The lowest BCUT2D eigenvalue weighted by atomic mass is 10.3. The number of ether oxygens (including phenoxy) is 1. The van der Waals surface area contributed by atoms with Crippen molar-refractivity contribution in [3.8, 4) is 11.6 Å². The van der Waals surface area contributed by atoms with E-state index in [0.717, 1.165) is 5.56 Å². The third-order valence-corrected chi connectivity index (χ3v) is 2.48. The van der Waals surface area contributed by atoms with Crippen molar-refractivity contribution in [3.05, 3.63) is 47.1 Å². The van der Waals surface area contributed by atoms with Gasteiger partial charge in [-0.1, -0.05) is 17.7 Å². The zero-order valence-corrected chi connectivity index (χ0v) is 9.53. The zero-order valence-electron chi connectivity index (χ0n) is 8.77. The van der Waals surface area contributed by atoms with E-state index in [1.807, 2.05) is 19.1 Å². The highest BCUT2D eigenvalue weighted by Crippen LogP contribution is 2.28. The number of nitrogen functional groups attached to an aromatic ring is 1. The molecule has 0 unspecified atom stereocenters. The fourth-order valence-corrected chi connectivity index (χ4v) is 1.43. The van der Waals surface area contributed by atoms with Crippen molar-refractivity contribution in [1.82, 2.24) is 4.98 Å². The Hall–Kier alpha value is -1.74. The monoisotopic (exact) mass is 234 g/mol. The topological polar surface area (TPSA) is 48.1 Å². The van der Waals surface area contributed by atoms with E-state index in [1.165, 1.54) is 0 Å². The van der Waals surface area contributed by atoms with Gasteiger partial charge in [0.2, 0.25) is 5.88 Å². The normalized spacial score (nSPS) is 10.1. The first-order chi connectivity index (χ1) is 7.66. The lowest BCUT2D eigenvalue weighted by Crippen LogP contribution is -1.92. The summed E-state index contributed by atoms with van der Waals surface area (Å²) in [5.41, 5.74) is 7.11. The summed E-state index contributed by atoms with van der Waals surface area (Å²) in [6.45, 7) is 1.93. The van der Waals surface area contributed by atoms with E-state index in [-0.39, 0.29) is 0 Å². The fourth-order valence-electron chi connectivity index (χ4n) is 1.26. The molecule has 0 saturated heterocycles. The van der Waals surface area contributed by atoms with Gasteiger partial charge >= 0.3 is 0 Å². The molecule has 3 nitrogen and oxygen atoms in total. The maximum absolute atomic E-state index is 5.89. The van der Waals surface area contributed by atoms with Gasteiger partial charge in [-0.15, -0.1) is 0 Å². The summed E-state index contributed by atoms with van der Waals surface area (Å²) in [6.07, 6.45) is 1.68. The largest absolute Gasteiger partial charge is 0.439 e. The predicted molar refractivity (Wildman–Crippen MR) is 64.9 cm³/mol. The Kier molecular flexibility index (Phi) is 2.97. The van der Waals surface area contributed by atoms with Crippen molar-refractivity contribution >= 4 is 17.3 Å². The molecule has 0 spiro atoms. The molecule has 16 heavy (non-hydrogen) atoms. The number of aromatic nitrogens is 1. The van der Waals surface area contributed by atoms with Gasteiger partial charge in [0.1, 0.15) is 5.75 Å². The van der Waals surface area contributed by atoms with Crippen LogP contribution in [-0.4, -0.2) is 4.98 Å². The second kappa shape index (κ2) is 4.41. The Bertz CT molecular complexity index is 514. The summed E-state index contributed by atoms with van der Waals surface area (Å²) in [7, 11) is 0. The molecule has 0 aliphatic carbocycles. The molecular formula is C12H11ClN2O. The van der Waals surface area contributed by atoms with Crippen LogP contribution in [0, 0.1) is 6.92 Å². The summed E-state index contributed by atoms with van der Waals surface area (Å²) in [5.74, 6) is 1.20. The average Bonchev–Trinajstić information content (AvgIpc) is 2.27. The Morgan fingerprint density at radius 3 is 2.81 bits per heavy atom. The number of hydrogen-bond acceptors (Lipinski definition) is 3. The SMILES string of the molecule is Cc1cccnc1Oc1ccc(N)c(Cl)c1. The van der Waals surface area contributed by atoms with Crippen molar-refractivity contribution in [2.45, 2.75) is 6.92 Å². The van der Waals surface area contributed by atoms with Crippen LogP contribution in [0.15, 0.2) is 36.5 Å². The maximum Gasteiger partial charge on any atom is 0.222 e. The molecule has 0 atom stereocenters. The highest BCUT2D eigenvalue weighted by molar-refractivity contribution is 6.33. The zero-order chi connectivity index (χ0) is 11.5. The van der Waals surface area contributed by atoms with Crippen LogP contribution in [-0.2, 0) is 0 Å². The van der Waals surface area contributed by atoms with Gasteiger partial charge in [-0.05, 0) is 25.1 Å². The van der Waals surface area contributed by atoms with Crippen LogP contribution >= 0.6 is 11.6 Å². The average molecular weight is 235 g/mol. The highest BCUT2D eigenvalue weighted by Gasteiger charge is 2.03. The van der Waals surface area contributed by atoms with E-state index in [1.54, 1.807) is 24.4 Å². The minimum Gasteiger partial charge on any atom is -0.439 e. The highest BCUT2D eigenvalue weighted by atomic mass is 35.5. The lowest BCUT2D eigenvalue weighted by Gasteiger charge is -2.07. The van der Waals surface area contributed by atoms with Gasteiger partial charge in [0, 0.05) is 17.8 Å². The quantitative estimate of drug-likeness (QED) is 0.810. The first kappa shape index (κ1) is 10.8. The number of benzene rings is 1. The smallest absolute Gasteiger partial charge is 0.222 e. The second-order valence-corrected chi connectivity index (χ2v) is 3.82. The van der Waals surface area contributed by atoms with Crippen molar-refractivity contribution < 1.29 is 4.74 Å². The van der Waals surface area contributed by atoms with Gasteiger partial charge in [-0.25, -0.2) is 4.98 Å². The van der Waals surface area contributed by atoms with Crippen LogP contribution in [0.25, 0.3) is 0 Å². The molecule has 4 heteroatoms. The van der Waals surface area contributed by atoms with E-state index in [9.17, 15) is 0 Å². The fraction of sp³-hybridized carbons (Fsp3) is 0.0833. The summed E-state index contributed by atoms with van der Waals surface area (Å²) in [5, 5.41) is 0.478. The van der Waals surface area contributed by atoms with Crippen molar-refractivity contribution in [3.63, 3.8) is 0 Å². The molecule has 2 rings (SSSR count). The summed E-state index contributed by atoms with van der Waals surface area (Å²) in [6, 6.07) is 8.93. The summed E-state index contributed by atoms with van der Waals surface area (Å²) >= 11 is 5.89. The molecule has 0 fully saturated rings. The molecule has 1 heterocycles. The molecule has 1 aromatic heterocycles. The molecule has 2 aromatic rings. The Labute approximate surface area is 98.8 Å². The van der Waals surface area contributed by atoms with E-state index in [4.69, 9.17) is 22.1 Å². The molecule has 2 N–H and O–H groups in total. The summed E-state index contributed by atoms with van der Waals surface area (Å²) < 4.78 is 5.59. The Morgan fingerprint density at radius 2 is 2.12 bits per heavy atom. The van der Waals surface area contributed by atoms with Gasteiger partial charge in [-0.3, -0.25) is 0 Å². The predicted octanol–water partition coefficient (Wildman–Crippen LogP) is 3.42. The van der Waals surface area contributed by atoms with Crippen LogP contribution in [0.4, 0.5) is 5.69 Å². The van der Waals surface area contributed by atoms with Crippen LogP contribution in [0.3, 0.4) is 0 Å². The first-order valence-corrected chi connectivity index (χ1v) is 5.19. The molecule has 0 aliphatic rings. The molecule has 1 aromatic carbocycles. The van der Waals surface area contributed by atoms with Gasteiger partial charge in [0.05, 0.1) is 10.7 Å². The van der Waals surface area contributed by atoms with Crippen molar-refractivity contribution in [2.75, 3.05) is 5.73 Å². The van der Waals surface area contributed by atoms with Gasteiger partial charge in [-0.2, -0.15) is 0 Å². The molecular weight excluding hydrogens is 224 g/mol. The number of halogens is 1. The van der Waals surface area contributed by atoms with Crippen molar-refractivity contribution in [1.29, 1.82) is 0 Å². The number of aryl methyl sites for hydroxylation is 1. The molecule has 82 valence electrons. The van der Waals surface area contributed by atoms with Crippen LogP contribution < -0.4 is 10.5 Å². The summed E-state index contributed by atoms with van der Waals surface area (Å²) in [4.78, 5) is 4.13. The minimum atomic E-state index is 0.478. The Balaban J connectivity index is 2.28. The minimum absolute atomic E-state index is 0.478. The molecule has 0 amide bonds. The van der Waals surface area contributed by atoms with E-state index < -0.39 is 0 Å². The molecule has 0 aliphatic heterocycles. The van der Waals surface area contributed by atoms with E-state index >= 15 is 0 Å². The van der Waals surface area contributed by atoms with E-state index in [2.05, 4.69) is 4.98 Å². The number of rotatable bonds is 2. The number of anilines is 1. The maximum atomic E-state index is 5.89. The third-order valence-electron chi connectivity index (χ3n) is 2.15. The first-order valence-electron chi connectivity index (χ1n) is 4.81. The molecule has 0 saturated carbocycles. The van der Waals surface area contributed by atoms with Crippen molar-refractivity contribution in [2.24, 2.45) is 0 Å². The Morgan fingerprint density at radius 1 is 1.31 bits per heavy atom. The number of hydrogen-bond donors (Lipinski definition) is 1. The van der Waals surface area contributed by atoms with Crippen LogP contribution in [0.1, 0.15) is 5.56 Å². The molecule has 0 bridgehead atoms. The number of nitrogens with two attached hydrogens (primary N) is 1. The van der Waals surface area contributed by atoms with Crippen LogP contribution in [0.5, 0.6) is 11.6 Å². The van der Waals surface area contributed by atoms with Gasteiger partial charge in [0.15, 0.2) is 0 Å². The number of nitrogens with zero attached hydrogens (tertiary/aromatic N) is 1. The van der Waals surface area contributed by atoms with Crippen LogP contribution in [0.2, 0.25) is 5.02 Å². The van der Waals surface area contributed by atoms with Gasteiger partial charge < -0.3 is 10.5 Å². The lowest BCUT2D eigenvalue weighted by molar-refractivity contribution is 0.459.